The Bertz CT molecular complexity index is 1290. The number of imidazole rings is 1. The van der Waals surface area contributed by atoms with E-state index in [1.165, 1.54) is 12.3 Å². The van der Waals surface area contributed by atoms with E-state index in [1.807, 2.05) is 25.1 Å². The Morgan fingerprint density at radius 1 is 1.09 bits per heavy atom. The monoisotopic (exact) mass is 477 g/mol. The van der Waals surface area contributed by atoms with E-state index < -0.39 is 4.92 Å². The van der Waals surface area contributed by atoms with Gasteiger partial charge in [0.05, 0.1) is 10.6 Å². The van der Waals surface area contributed by atoms with Gasteiger partial charge in [0.1, 0.15) is 23.7 Å². The lowest BCUT2D eigenvalue weighted by atomic mass is 9.98. The zero-order valence-corrected chi connectivity index (χ0v) is 19.6. The maximum atomic E-state index is 10.8. The van der Waals surface area contributed by atoms with Gasteiger partial charge >= 0.3 is 0 Å². The van der Waals surface area contributed by atoms with Gasteiger partial charge in [-0.25, -0.2) is 15.0 Å². The highest BCUT2D eigenvalue weighted by molar-refractivity contribution is 6.30. The molecule has 0 saturated heterocycles. The van der Waals surface area contributed by atoms with Crippen LogP contribution in [0.2, 0.25) is 5.02 Å². The fraction of sp³-hybridized carbons (Fsp3) is 0.208. The highest BCUT2D eigenvalue weighted by atomic mass is 35.5. The summed E-state index contributed by atoms with van der Waals surface area (Å²) in [4.78, 5) is 27.0. The third kappa shape index (κ3) is 5.15. The summed E-state index contributed by atoms with van der Waals surface area (Å²) in [6.07, 6.45) is 5.55. The van der Waals surface area contributed by atoms with Crippen LogP contribution in [-0.2, 0) is 6.42 Å². The molecule has 0 aliphatic heterocycles. The van der Waals surface area contributed by atoms with E-state index in [4.69, 9.17) is 16.6 Å². The van der Waals surface area contributed by atoms with Gasteiger partial charge in [-0.05, 0) is 48.7 Å². The number of aromatic amines is 1. The summed E-state index contributed by atoms with van der Waals surface area (Å²) in [5.41, 5.74) is 4.76. The molecule has 0 radical (unpaired) electrons. The Hall–Kier alpha value is -3.98. The number of pyridine rings is 2. The molecule has 3 heterocycles. The summed E-state index contributed by atoms with van der Waals surface area (Å²) >= 11 is 6.19. The lowest BCUT2D eigenvalue weighted by molar-refractivity contribution is -0.385. The Morgan fingerprint density at radius 2 is 1.91 bits per heavy atom. The Balaban J connectivity index is 1.57. The molecule has 4 aromatic rings. The molecule has 0 aliphatic rings. The zero-order chi connectivity index (χ0) is 24.1. The van der Waals surface area contributed by atoms with Crippen molar-refractivity contribution in [3.8, 4) is 22.6 Å². The van der Waals surface area contributed by atoms with Crippen LogP contribution in [0.1, 0.15) is 18.1 Å². The highest BCUT2D eigenvalue weighted by Crippen LogP contribution is 2.35. The summed E-state index contributed by atoms with van der Waals surface area (Å²) < 4.78 is 0. The molecule has 4 rings (SSSR count). The Labute approximate surface area is 201 Å². The molecule has 0 saturated carbocycles. The van der Waals surface area contributed by atoms with Gasteiger partial charge in [-0.3, -0.25) is 10.1 Å². The van der Waals surface area contributed by atoms with Gasteiger partial charge in [0.25, 0.3) is 5.69 Å². The van der Waals surface area contributed by atoms with Crippen LogP contribution in [0.4, 0.5) is 17.3 Å². The van der Waals surface area contributed by atoms with Crippen LogP contribution >= 0.6 is 11.6 Å². The van der Waals surface area contributed by atoms with Crippen molar-refractivity contribution < 1.29 is 4.92 Å². The summed E-state index contributed by atoms with van der Waals surface area (Å²) in [6.45, 7) is 5.24. The molecule has 174 valence electrons. The predicted molar refractivity (Wildman–Crippen MR) is 134 cm³/mol. The van der Waals surface area contributed by atoms with Gasteiger partial charge in [-0.2, -0.15) is 0 Å². The maximum Gasteiger partial charge on any atom is 0.287 e. The SMILES string of the molecule is CCc1cc(-c2ncc[nH]2)c(-c2ccc(Cl)cc2C)nc1NCCNc1ccc([N+](=O)[O-])cn1. The van der Waals surface area contributed by atoms with Crippen LogP contribution in [0, 0.1) is 17.0 Å². The van der Waals surface area contributed by atoms with Gasteiger partial charge in [0.15, 0.2) is 0 Å². The molecule has 3 N–H and O–H groups in total. The summed E-state index contributed by atoms with van der Waals surface area (Å²) in [6, 6.07) is 10.9. The number of rotatable bonds is 9. The first-order valence-electron chi connectivity index (χ1n) is 10.8. The number of aromatic nitrogens is 4. The molecule has 0 bridgehead atoms. The largest absolute Gasteiger partial charge is 0.368 e. The maximum absolute atomic E-state index is 10.8. The van der Waals surface area contributed by atoms with Crippen molar-refractivity contribution in [3.05, 3.63) is 81.3 Å². The number of hydrogen-bond donors (Lipinski definition) is 3. The molecule has 0 atom stereocenters. The van der Waals surface area contributed by atoms with Gasteiger partial charge in [0.2, 0.25) is 0 Å². The first kappa shape index (κ1) is 23.2. The van der Waals surface area contributed by atoms with Gasteiger partial charge in [-0.15, -0.1) is 0 Å². The number of nitro groups is 1. The molecule has 0 fully saturated rings. The average Bonchev–Trinajstić information content (AvgIpc) is 3.37. The molecule has 0 aliphatic carbocycles. The van der Waals surface area contributed by atoms with Crippen LogP contribution in [0.3, 0.4) is 0 Å². The lowest BCUT2D eigenvalue weighted by Gasteiger charge is -2.17. The second kappa shape index (κ2) is 10.3. The van der Waals surface area contributed by atoms with Crippen LogP contribution in [0.5, 0.6) is 0 Å². The molecule has 0 unspecified atom stereocenters. The molecule has 34 heavy (non-hydrogen) atoms. The second-order valence-corrected chi connectivity index (χ2v) is 8.09. The van der Waals surface area contributed by atoms with Crippen molar-refractivity contribution in [1.29, 1.82) is 0 Å². The van der Waals surface area contributed by atoms with E-state index in [0.29, 0.717) is 23.9 Å². The van der Waals surface area contributed by atoms with Crippen molar-refractivity contribution in [1.82, 2.24) is 19.9 Å². The molecule has 3 aromatic heterocycles. The Morgan fingerprint density at radius 3 is 2.56 bits per heavy atom. The standard InChI is InChI=1S/C24H24ClN7O2/c1-3-16-13-20(24-28-10-11-29-24)22(19-6-4-17(25)12-15(19)2)31-23(16)27-9-8-26-21-7-5-18(14-30-21)32(33)34/h4-7,10-14H,3,8-9H2,1-2H3,(H,26,30)(H,27,31)(H,28,29). The summed E-state index contributed by atoms with van der Waals surface area (Å²) in [5.74, 6) is 2.12. The van der Waals surface area contributed by atoms with Crippen molar-refractivity contribution in [2.75, 3.05) is 23.7 Å². The number of aryl methyl sites for hydroxylation is 2. The van der Waals surface area contributed by atoms with Gasteiger partial charge in [0, 0.05) is 47.7 Å². The first-order chi connectivity index (χ1) is 16.5. The van der Waals surface area contributed by atoms with E-state index in [2.05, 4.69) is 38.6 Å². The number of H-pyrrole nitrogens is 1. The quantitative estimate of drug-likeness (QED) is 0.165. The fourth-order valence-electron chi connectivity index (χ4n) is 3.64. The number of nitrogens with zero attached hydrogens (tertiary/aromatic N) is 4. The second-order valence-electron chi connectivity index (χ2n) is 7.66. The topological polar surface area (TPSA) is 122 Å². The minimum atomic E-state index is -0.470. The molecular weight excluding hydrogens is 454 g/mol. The van der Waals surface area contributed by atoms with Crippen LogP contribution < -0.4 is 10.6 Å². The molecule has 9 nitrogen and oxygen atoms in total. The van der Waals surface area contributed by atoms with E-state index in [0.717, 1.165) is 46.0 Å². The number of hydrogen-bond acceptors (Lipinski definition) is 7. The van der Waals surface area contributed by atoms with E-state index in [-0.39, 0.29) is 5.69 Å². The number of anilines is 2. The normalized spacial score (nSPS) is 10.8. The minimum absolute atomic E-state index is 0.0397. The first-order valence-corrected chi connectivity index (χ1v) is 11.2. The van der Waals surface area contributed by atoms with Crippen LogP contribution in [0.15, 0.2) is 55.0 Å². The predicted octanol–water partition coefficient (Wildman–Crippen LogP) is 5.49. The number of benzene rings is 1. The molecule has 0 spiro atoms. The number of nitrogens with one attached hydrogen (secondary N) is 3. The van der Waals surface area contributed by atoms with E-state index in [1.54, 1.807) is 18.5 Å². The highest BCUT2D eigenvalue weighted by Gasteiger charge is 2.17. The lowest BCUT2D eigenvalue weighted by Crippen LogP contribution is -2.16. The molecule has 1 aromatic carbocycles. The van der Waals surface area contributed by atoms with Crippen molar-refractivity contribution >= 4 is 28.9 Å². The molecule has 10 heteroatoms. The van der Waals surface area contributed by atoms with E-state index in [9.17, 15) is 10.1 Å². The van der Waals surface area contributed by atoms with Crippen molar-refractivity contribution in [2.45, 2.75) is 20.3 Å². The van der Waals surface area contributed by atoms with Crippen LogP contribution in [-0.4, -0.2) is 37.9 Å². The fourth-order valence-corrected chi connectivity index (χ4v) is 3.87. The van der Waals surface area contributed by atoms with Gasteiger partial charge < -0.3 is 15.6 Å². The van der Waals surface area contributed by atoms with Gasteiger partial charge in [-0.1, -0.05) is 24.6 Å². The van der Waals surface area contributed by atoms with Crippen molar-refractivity contribution in [2.24, 2.45) is 0 Å². The van der Waals surface area contributed by atoms with Crippen molar-refractivity contribution in [3.63, 3.8) is 0 Å². The summed E-state index contributed by atoms with van der Waals surface area (Å²) in [5, 5.41) is 18.0. The average molecular weight is 478 g/mol. The Kier molecular flexibility index (Phi) is 7.03. The third-order valence-corrected chi connectivity index (χ3v) is 5.60. The zero-order valence-electron chi connectivity index (χ0n) is 18.8. The minimum Gasteiger partial charge on any atom is -0.368 e. The summed E-state index contributed by atoms with van der Waals surface area (Å²) in [7, 11) is 0. The third-order valence-electron chi connectivity index (χ3n) is 5.36. The van der Waals surface area contributed by atoms with Crippen LogP contribution in [0.25, 0.3) is 22.6 Å². The molecular formula is C24H24ClN7O2. The smallest absolute Gasteiger partial charge is 0.287 e. The van der Waals surface area contributed by atoms with E-state index >= 15 is 0 Å². The molecule has 0 amide bonds. The number of halogens is 1.